The van der Waals surface area contributed by atoms with Crippen LogP contribution in [0.25, 0.3) is 6.08 Å². The summed E-state index contributed by atoms with van der Waals surface area (Å²) in [5.74, 6) is 0. The van der Waals surface area contributed by atoms with Crippen molar-refractivity contribution in [3.63, 3.8) is 0 Å². The molecule has 0 aliphatic heterocycles. The summed E-state index contributed by atoms with van der Waals surface area (Å²) in [7, 11) is 1.97. The van der Waals surface area contributed by atoms with Crippen molar-refractivity contribution in [3.05, 3.63) is 59.9 Å². The van der Waals surface area contributed by atoms with Crippen LogP contribution in [-0.2, 0) is 6.54 Å². The molecule has 0 radical (unpaired) electrons. The van der Waals surface area contributed by atoms with Crippen molar-refractivity contribution in [3.8, 4) is 0 Å². The molecule has 0 unspecified atom stereocenters. The maximum Gasteiger partial charge on any atom is 0.0642 e. The zero-order valence-electron chi connectivity index (χ0n) is 11.8. The predicted molar refractivity (Wildman–Crippen MR) is 83.5 cm³/mol. The quantitative estimate of drug-likeness (QED) is 0.809. The average Bonchev–Trinajstić information content (AvgIpc) is 2.83. The minimum absolute atomic E-state index is 0.911. The lowest BCUT2D eigenvalue weighted by molar-refractivity contribution is 0.797. The van der Waals surface area contributed by atoms with Crippen molar-refractivity contribution < 1.29 is 0 Å². The van der Waals surface area contributed by atoms with Crippen LogP contribution in [0.4, 0.5) is 5.69 Å². The van der Waals surface area contributed by atoms with Gasteiger partial charge in [-0.3, -0.25) is 0 Å². The molecule has 0 aliphatic rings. The summed E-state index contributed by atoms with van der Waals surface area (Å²) in [5.41, 5.74) is 3.76. The van der Waals surface area contributed by atoms with Gasteiger partial charge in [-0.05, 0) is 24.1 Å². The zero-order chi connectivity index (χ0) is 13.5. The van der Waals surface area contributed by atoms with Gasteiger partial charge in [0.15, 0.2) is 0 Å². The molecule has 0 fully saturated rings. The molecule has 1 aromatic carbocycles. The molecule has 0 bridgehead atoms. The lowest BCUT2D eigenvalue weighted by Crippen LogP contribution is -2.01. The number of nitrogens with one attached hydrogen (secondary N) is 1. The number of rotatable bonds is 6. The first kappa shape index (κ1) is 13.5. The van der Waals surface area contributed by atoms with Crippen molar-refractivity contribution in [1.82, 2.24) is 4.57 Å². The number of hydrogen-bond donors (Lipinski definition) is 1. The summed E-state index contributed by atoms with van der Waals surface area (Å²) in [6.45, 7) is 3.11. The molecule has 2 aromatic rings. The summed E-state index contributed by atoms with van der Waals surface area (Å²) >= 11 is 0. The number of nitrogens with zero attached hydrogens (tertiary/aromatic N) is 1. The molecule has 19 heavy (non-hydrogen) atoms. The average molecular weight is 254 g/mol. The van der Waals surface area contributed by atoms with Crippen molar-refractivity contribution in [1.29, 1.82) is 0 Å². The van der Waals surface area contributed by atoms with E-state index < -0.39 is 0 Å². The number of unbranched alkanes of at least 4 members (excludes halogenated alkanes) is 1. The summed E-state index contributed by atoms with van der Waals surface area (Å²) in [6.07, 6.45) is 8.92. The number of hydrogen-bond acceptors (Lipinski definition) is 1. The summed E-state index contributed by atoms with van der Waals surface area (Å²) in [6, 6.07) is 12.7. The summed E-state index contributed by atoms with van der Waals surface area (Å²) in [4.78, 5) is 0. The second-order valence-electron chi connectivity index (χ2n) is 4.67. The van der Waals surface area contributed by atoms with Gasteiger partial charge in [-0.25, -0.2) is 0 Å². The van der Waals surface area contributed by atoms with E-state index in [-0.39, 0.29) is 0 Å². The van der Waals surface area contributed by atoms with Gasteiger partial charge >= 0.3 is 0 Å². The summed E-state index contributed by atoms with van der Waals surface area (Å²) in [5, 5.41) is 3.26. The highest BCUT2D eigenvalue weighted by molar-refractivity contribution is 5.64. The van der Waals surface area contributed by atoms with Crippen LogP contribution in [0.15, 0.2) is 48.7 Å². The fourth-order valence-electron chi connectivity index (χ4n) is 2.16. The minimum Gasteiger partial charge on any atom is -0.386 e. The Morgan fingerprint density at radius 1 is 1.16 bits per heavy atom. The van der Waals surface area contributed by atoms with Gasteiger partial charge in [0.05, 0.1) is 11.4 Å². The van der Waals surface area contributed by atoms with E-state index in [1.807, 2.05) is 7.05 Å². The molecule has 0 saturated carbocycles. The van der Waals surface area contributed by atoms with E-state index in [1.165, 1.54) is 23.4 Å². The first-order valence-corrected chi connectivity index (χ1v) is 6.92. The molecule has 2 rings (SSSR count). The van der Waals surface area contributed by atoms with Crippen molar-refractivity contribution in [2.45, 2.75) is 26.3 Å². The molecule has 1 aromatic heterocycles. The topological polar surface area (TPSA) is 17.0 Å². The molecule has 0 spiro atoms. The minimum atomic E-state index is 0.911. The highest BCUT2D eigenvalue weighted by atomic mass is 15.0. The van der Waals surface area contributed by atoms with Crippen LogP contribution in [0.1, 0.15) is 31.0 Å². The summed E-state index contributed by atoms with van der Waals surface area (Å²) < 4.78 is 2.29. The molecule has 0 amide bonds. The Morgan fingerprint density at radius 2 is 1.95 bits per heavy atom. The molecule has 100 valence electrons. The molecule has 2 nitrogen and oxygen atoms in total. The van der Waals surface area contributed by atoms with Gasteiger partial charge in [0.2, 0.25) is 0 Å². The van der Waals surface area contributed by atoms with Crippen molar-refractivity contribution in [2.75, 3.05) is 12.4 Å². The highest BCUT2D eigenvalue weighted by Crippen LogP contribution is 2.20. The maximum absolute atomic E-state index is 3.26. The smallest absolute Gasteiger partial charge is 0.0642 e. The standard InChI is InChI=1S/C17H22N2/c1-3-4-6-11-17-16(18-2)12-13-19(17)14-15-9-7-5-8-10-15/h5-13,18H,3-4,14H2,1-2H3/b11-6-. The zero-order valence-corrected chi connectivity index (χ0v) is 11.8. The van der Waals surface area contributed by atoms with Crippen LogP contribution in [0.5, 0.6) is 0 Å². The van der Waals surface area contributed by atoms with E-state index in [0.29, 0.717) is 0 Å². The molecule has 0 saturated heterocycles. The molecule has 2 heteroatoms. The molecular formula is C17H22N2. The van der Waals surface area contributed by atoms with Crippen LogP contribution < -0.4 is 5.32 Å². The van der Waals surface area contributed by atoms with Gasteiger partial charge in [-0.15, -0.1) is 0 Å². The molecule has 0 atom stereocenters. The van der Waals surface area contributed by atoms with Crippen LogP contribution in [0.3, 0.4) is 0 Å². The van der Waals surface area contributed by atoms with E-state index >= 15 is 0 Å². The van der Waals surface area contributed by atoms with Crippen LogP contribution >= 0.6 is 0 Å². The first-order valence-electron chi connectivity index (χ1n) is 6.92. The van der Waals surface area contributed by atoms with Crippen LogP contribution in [0.2, 0.25) is 0 Å². The van der Waals surface area contributed by atoms with Gasteiger partial charge in [-0.2, -0.15) is 0 Å². The molecule has 1 heterocycles. The van der Waals surface area contributed by atoms with Crippen LogP contribution in [-0.4, -0.2) is 11.6 Å². The third kappa shape index (κ3) is 3.50. The number of allylic oxidation sites excluding steroid dienone is 1. The Balaban J connectivity index is 2.22. The SMILES string of the molecule is CCC/C=C\c1c(NC)ccn1Cc1ccccc1. The van der Waals surface area contributed by atoms with Gasteiger partial charge < -0.3 is 9.88 Å². The Labute approximate surface area is 115 Å². The monoisotopic (exact) mass is 254 g/mol. The normalized spacial score (nSPS) is 11.1. The lowest BCUT2D eigenvalue weighted by atomic mass is 10.2. The van der Waals surface area contributed by atoms with E-state index in [9.17, 15) is 0 Å². The fourth-order valence-corrected chi connectivity index (χ4v) is 2.16. The van der Waals surface area contributed by atoms with E-state index in [4.69, 9.17) is 0 Å². The van der Waals surface area contributed by atoms with Gasteiger partial charge in [0, 0.05) is 19.8 Å². The van der Waals surface area contributed by atoms with Gasteiger partial charge in [-0.1, -0.05) is 49.8 Å². The van der Waals surface area contributed by atoms with Gasteiger partial charge in [0.1, 0.15) is 0 Å². The second kappa shape index (κ2) is 6.83. The molecule has 0 aliphatic carbocycles. The number of aromatic nitrogens is 1. The fraction of sp³-hybridized carbons (Fsp3) is 0.294. The van der Waals surface area contributed by atoms with Crippen molar-refractivity contribution >= 4 is 11.8 Å². The van der Waals surface area contributed by atoms with E-state index in [1.54, 1.807) is 0 Å². The molecular weight excluding hydrogens is 232 g/mol. The molecule has 1 N–H and O–H groups in total. The van der Waals surface area contributed by atoms with E-state index in [2.05, 4.69) is 71.6 Å². The third-order valence-electron chi connectivity index (χ3n) is 3.20. The maximum atomic E-state index is 3.26. The first-order chi connectivity index (χ1) is 9.35. The lowest BCUT2D eigenvalue weighted by Gasteiger charge is -2.08. The number of benzene rings is 1. The van der Waals surface area contributed by atoms with Crippen molar-refractivity contribution in [2.24, 2.45) is 0 Å². The van der Waals surface area contributed by atoms with E-state index in [0.717, 1.165) is 13.0 Å². The van der Waals surface area contributed by atoms with Gasteiger partial charge in [0.25, 0.3) is 0 Å². The second-order valence-corrected chi connectivity index (χ2v) is 4.67. The Morgan fingerprint density at radius 3 is 2.63 bits per heavy atom. The third-order valence-corrected chi connectivity index (χ3v) is 3.20. The Hall–Kier alpha value is -1.96. The Bertz CT molecular complexity index is 523. The Kier molecular flexibility index (Phi) is 4.85. The highest BCUT2D eigenvalue weighted by Gasteiger charge is 2.05. The number of anilines is 1. The largest absolute Gasteiger partial charge is 0.386 e. The van der Waals surface area contributed by atoms with Crippen LogP contribution in [0, 0.1) is 0 Å². The predicted octanol–water partition coefficient (Wildman–Crippen LogP) is 4.39.